The van der Waals surface area contributed by atoms with Gasteiger partial charge in [-0.15, -0.1) is 10.2 Å². The molecule has 6 heterocycles. The van der Waals surface area contributed by atoms with Crippen LogP contribution in [-0.2, 0) is 59.4 Å². The largest absolute Gasteiger partial charge is 0.643 e. The Labute approximate surface area is 950 Å². The molecule has 14 rings (SSSR count). The topological polar surface area (TPSA) is 712 Å². The number of aromatic carboxylic acids is 1. The summed E-state index contributed by atoms with van der Waals surface area (Å²) in [7, 11) is 10.8. The van der Waals surface area contributed by atoms with Crippen molar-refractivity contribution < 1.29 is 117 Å². The van der Waals surface area contributed by atoms with Crippen LogP contribution in [-0.4, -0.2) is 214 Å². The molecule has 0 aliphatic rings. The SMILES string of the molecule is Brc1cccc(/C=N/N=C/c2cccc(Br)c2)c1.Brc1cccc2cnncc12.CC(=O)O.CC(=O)O.CC(C)(C)OC(=O)OC(=O)OC(C)(C)C.COC(=O)c1cccc2cnncc12.NC(=S)NNC(=O)c1cccc2cnncc12.NN.NNC(N)=S.Nc1nnc(-c2cccc3cnncc23)s1.O.O=C(O)c1cccc2cnncc12.O=Cc1cccc(Br)c1.O=S(=O)(O)O.[2H]CI.[Br][Al]([Br])[Br].[Cl][Al]([Cl])[Cl].[Pd]. The van der Waals surface area contributed by atoms with Crippen LogP contribution in [0.15, 0.2) is 254 Å². The molecule has 0 fully saturated rings. The number of methoxy groups -OCH3 is 1. The van der Waals surface area contributed by atoms with E-state index in [9.17, 15) is 28.8 Å². The summed E-state index contributed by atoms with van der Waals surface area (Å²) < 4.78 is 60.3. The zero-order valence-corrected chi connectivity index (χ0v) is 99.4. The van der Waals surface area contributed by atoms with Gasteiger partial charge in [-0.25, -0.2) is 55.2 Å². The smallest absolute Gasteiger partial charge is 0.481 e. The summed E-state index contributed by atoms with van der Waals surface area (Å²) >= 11 is 33.6. The van der Waals surface area contributed by atoms with E-state index in [2.05, 4.69) is 240 Å². The maximum Gasteiger partial charge on any atom is 0.643 e. The molecule has 0 saturated carbocycles. The molecular formula is C84H92Al2Br7Cl3IN23O20PdS4. The number of alkyl halides is 1. The number of nitrogens with zero attached hydrogens (tertiary/aromatic N) is 14. The second kappa shape index (κ2) is 80.7. The van der Waals surface area contributed by atoms with Crippen LogP contribution >= 0.6 is 194 Å². The number of aldehydes is 1. The predicted octanol–water partition coefficient (Wildman–Crippen LogP) is 17.9. The van der Waals surface area contributed by atoms with Crippen LogP contribution in [0, 0.1) is 0 Å². The minimum atomic E-state index is -4.67. The molecule has 0 unspecified atom stereocenters. The van der Waals surface area contributed by atoms with Gasteiger partial charge in [0.25, 0.3) is 17.8 Å². The molecule has 0 saturated heterocycles. The number of aliphatic carboxylic acids is 2. The predicted molar refractivity (Wildman–Crippen MR) is 604 cm³/mol. The second-order valence-corrected chi connectivity index (χ2v) is 59.5. The maximum atomic E-state index is 11.8. The van der Waals surface area contributed by atoms with Gasteiger partial charge in [0.2, 0.25) is 5.13 Å². The molecule has 0 aliphatic heterocycles. The number of esters is 1. The van der Waals surface area contributed by atoms with Gasteiger partial charge in [0, 0.05) is 119 Å². The van der Waals surface area contributed by atoms with Crippen LogP contribution in [0.5, 0.6) is 0 Å². The Hall–Kier alpha value is -9.30. The number of fused-ring (bicyclic) bond motifs is 5. The summed E-state index contributed by atoms with van der Waals surface area (Å²) in [6.07, 6.45) is 18.4. The summed E-state index contributed by atoms with van der Waals surface area (Å²) in [4.78, 5) is 84.6. The number of hydrogen-bond donors (Lipinski definition) is 14. The van der Waals surface area contributed by atoms with E-state index in [1.54, 1.807) is 158 Å². The molecule has 14 aromatic rings. The van der Waals surface area contributed by atoms with Crippen LogP contribution in [0.4, 0.5) is 14.7 Å². The number of thiocarbonyl (C=S) groups is 2. The van der Waals surface area contributed by atoms with E-state index in [1.165, 1.54) is 30.8 Å². The number of carboxylic acid groups (broad SMARTS) is 3. The average Bonchev–Trinajstić information content (AvgIpc) is 1.61. The van der Waals surface area contributed by atoms with E-state index in [4.69, 9.17) is 101 Å². The van der Waals surface area contributed by atoms with Crippen molar-refractivity contribution in [3.8, 4) is 10.6 Å². The molecule has 22 N–H and O–H groups in total. The van der Waals surface area contributed by atoms with E-state index in [-0.39, 0.29) is 53.6 Å². The molecule has 61 heteroatoms. The van der Waals surface area contributed by atoms with Gasteiger partial charge in [0.1, 0.15) is 22.5 Å². The standard InChI is InChI=1S/C14H10Br2N2.C10H9N5OS.C10H7N5S.C10H8N2O2.C10H18O5.C9H6N2O2.C8H5BrN2.C7H5BrO.2C2H4O2.CH3I.CH5N3S.2Al.3BrH.3ClH.H4N2.H2O4S.H2O.Pd/c15-13-5-1-3-11(7-13)9-17-18-10-12-4-2-6-14(16)8-12;11-10(17)15-14-9(16)7-3-1-2-6-4-12-13-5-8(6)7;11-10-15-14-9(16-10)7-3-1-2-6-4-12-13-5-8(6)7;1-14-10(13)8-4-2-3-7-5-11-12-6-9(7)8;1-9(2,3)14-7(11)13-8(12)15-10(4,5)6;12-9(13)7-3-1-2-6-4-10-11-5-8(6)7;9-8-3-1-2-6-4-10-11-5-7(6)8;8-7-3-1-2-6(4-7)5-9;2*1-2(3)4;1-2;2-1(5)4-3;;;;;;;;;1-2;1-5(2,3)4;;/h1-10H;1-5H,(H,14,16)(H3,11,15,17);1-5H,(H2,11,15);2-6H,1H3;1-6H3;1-5H,(H,12,13);1-5H;1-5H;2*1H3,(H,3,4);1H3;3H2,(H3,2,4,5);;;6*1H;1-2H2;(H2,1,2,3,4);1H2;/q;;;;;;;;;;;;2*+3;;;;;;;;;;/p-6/b17-9+,18-10+;;;;;;;;;;;;;;;;;;;;;;;/i;;;;;;;;;;1D;;;;;;;;;;;;;. The van der Waals surface area contributed by atoms with E-state index in [0.717, 1.165) is 103 Å². The number of aromatic nitrogens is 12. The van der Waals surface area contributed by atoms with Gasteiger partial charge in [-0.1, -0.05) is 201 Å². The number of rotatable bonds is 8. The number of nitrogen functional groups attached to an aromatic ring is 1. The molecule has 6 aromatic heterocycles. The van der Waals surface area contributed by atoms with Crippen molar-refractivity contribution in [2.45, 2.75) is 66.6 Å². The number of carbonyl (C=O) groups is 8. The molecule has 0 bridgehead atoms. The van der Waals surface area contributed by atoms with Crippen LogP contribution < -0.4 is 51.0 Å². The van der Waals surface area contributed by atoms with Crippen LogP contribution in [0.25, 0.3) is 64.4 Å². The monoisotopic (exact) mass is 2820 g/mol. The molecule has 780 valence electrons. The van der Waals surface area contributed by atoms with Crippen LogP contribution in [0.2, 0.25) is 0 Å². The number of amides is 1. The molecule has 1 amide bonds. The Morgan fingerprint density at radius 2 is 0.821 bits per heavy atom. The summed E-state index contributed by atoms with van der Waals surface area (Å²) in [6.45, 7) is 12.2. The third kappa shape index (κ3) is 71.1. The quantitative estimate of drug-likeness (QED) is 0.00546. The van der Waals surface area contributed by atoms with Gasteiger partial charge in [0.15, 0.2) is 10.2 Å². The van der Waals surface area contributed by atoms with E-state index >= 15 is 0 Å². The van der Waals surface area contributed by atoms with E-state index in [1.807, 2.05) is 137 Å². The van der Waals surface area contributed by atoms with Gasteiger partial charge in [-0.05, 0) is 143 Å². The molecule has 0 atom stereocenters. The van der Waals surface area contributed by atoms with Gasteiger partial charge in [0.05, 0.1) is 98.2 Å². The maximum absolute atomic E-state index is 11.8. The zero-order valence-electron chi connectivity index (χ0n) is 77.7. The Kier molecular flexibility index (Phi) is 77.8. The summed E-state index contributed by atoms with van der Waals surface area (Å²) in [5, 5.41) is 87.3. The molecular weight excluding hydrogens is 2730 g/mol. The summed E-state index contributed by atoms with van der Waals surface area (Å²) in [5.74, 6) is 9.35. The van der Waals surface area contributed by atoms with Crippen molar-refractivity contribution in [2.24, 2.45) is 39.2 Å². The number of benzene rings is 8. The first-order valence-corrected chi connectivity index (χ1v) is 60.9. The van der Waals surface area contributed by atoms with Crippen molar-refractivity contribution in [1.82, 2.24) is 77.5 Å². The Bertz CT molecular complexity index is 6440. The Morgan fingerprint density at radius 1 is 0.524 bits per heavy atom. The van der Waals surface area contributed by atoms with Crippen molar-refractivity contribution in [1.29, 1.82) is 0 Å². The van der Waals surface area contributed by atoms with Crippen molar-refractivity contribution in [3.05, 3.63) is 277 Å². The van der Waals surface area contributed by atoms with Crippen molar-refractivity contribution in [3.63, 3.8) is 0 Å². The number of hydrogen-bond acceptors (Lipinski definition) is 35. The molecule has 0 spiro atoms. The first-order valence-electron chi connectivity index (χ1n) is 39.1. The fourth-order valence-corrected chi connectivity index (χ4v) is 11.5. The van der Waals surface area contributed by atoms with Gasteiger partial charge >= 0.3 is 54.7 Å². The number of anilines is 1. The minimum absolute atomic E-state index is 0. The molecule has 0 radical (unpaired) electrons. The molecule has 0 aliphatic carbocycles. The van der Waals surface area contributed by atoms with Crippen molar-refractivity contribution in [2.75, 3.05) is 17.7 Å². The van der Waals surface area contributed by atoms with Gasteiger partial charge in [-0.3, -0.25) is 50.8 Å². The number of hydrazine groups is 3. The Balaban J connectivity index is -0.000000759. The Morgan fingerprint density at radius 3 is 1.14 bits per heavy atom. The van der Waals surface area contributed by atoms with Crippen LogP contribution in [0.3, 0.4) is 0 Å². The fourth-order valence-electron chi connectivity index (χ4n) is 9.05. The number of nitrogens with one attached hydrogen (secondary N) is 3. The van der Waals surface area contributed by atoms with Crippen LogP contribution in [0.1, 0.15) is 109 Å². The molecule has 43 nitrogen and oxygen atoms in total. The number of carboxylic acids is 3. The third-order valence-corrected chi connectivity index (χ3v) is 17.2. The van der Waals surface area contributed by atoms with E-state index in [0.29, 0.717) is 37.5 Å². The summed E-state index contributed by atoms with van der Waals surface area (Å²) in [6, 6.07) is 50.6. The number of nitrogens with two attached hydrogens (primary N) is 6. The number of halogens is 11. The summed E-state index contributed by atoms with van der Waals surface area (Å²) in [5.41, 5.74) is 25.9. The first-order chi connectivity index (χ1) is 67.7. The minimum Gasteiger partial charge on any atom is -0.481 e. The number of carbonyl (C=O) groups excluding carboxylic acids is 5. The average molecular weight is 2830 g/mol. The first kappa shape index (κ1) is 140. The zero-order chi connectivity index (χ0) is 110. The van der Waals surface area contributed by atoms with Gasteiger partial charge < -0.3 is 62.4 Å². The number of ether oxygens (including phenoxy) is 4. The fraction of sp³-hybridized carbons (Fsp3) is 0.143. The van der Waals surface area contributed by atoms with E-state index < -0.39 is 71.9 Å². The van der Waals surface area contributed by atoms with Gasteiger partial charge in [-0.2, -0.15) is 112 Å². The second-order valence-electron chi connectivity index (χ2n) is 26.9. The molecule has 145 heavy (non-hydrogen) atoms. The molecule has 8 aromatic carbocycles. The third-order valence-electron chi connectivity index (χ3n) is 14.0. The van der Waals surface area contributed by atoms with Crippen molar-refractivity contribution >= 4 is 355 Å². The normalized spacial score (nSPS) is 9.73.